The van der Waals surface area contributed by atoms with Crippen LogP contribution in [0.3, 0.4) is 0 Å². The summed E-state index contributed by atoms with van der Waals surface area (Å²) < 4.78 is 16.9. The van der Waals surface area contributed by atoms with Crippen molar-refractivity contribution in [2.75, 3.05) is 0 Å². The summed E-state index contributed by atoms with van der Waals surface area (Å²) in [4.78, 5) is 17.3. The van der Waals surface area contributed by atoms with Gasteiger partial charge in [0.05, 0.1) is 16.6 Å². The second-order valence-electron chi connectivity index (χ2n) is 10.2. The molecule has 2 aliphatic carbocycles. The number of imidazole rings is 1. The van der Waals surface area contributed by atoms with E-state index >= 15 is 0 Å². The summed E-state index contributed by atoms with van der Waals surface area (Å²) in [5.74, 6) is 1.35. The molecule has 2 fully saturated rings. The molecule has 0 unspecified atom stereocenters. The number of halogens is 1. The molecule has 0 spiro atoms. The van der Waals surface area contributed by atoms with E-state index in [2.05, 4.69) is 4.57 Å². The maximum atomic E-state index is 14.6. The van der Waals surface area contributed by atoms with E-state index in [1.165, 1.54) is 6.42 Å². The largest absolute Gasteiger partial charge is 0.385 e. The Bertz CT molecular complexity index is 1140. The van der Waals surface area contributed by atoms with Crippen molar-refractivity contribution in [3.8, 4) is 0 Å². The van der Waals surface area contributed by atoms with Crippen LogP contribution in [0.2, 0.25) is 0 Å². The lowest BCUT2D eigenvalue weighted by atomic mass is 9.89. The molecule has 4 nitrogen and oxygen atoms in total. The predicted octanol–water partition coefficient (Wildman–Crippen LogP) is 6.36. The number of ketones is 1. The molecule has 0 aliphatic heterocycles. The van der Waals surface area contributed by atoms with E-state index in [1.807, 2.05) is 36.4 Å². The Labute approximate surface area is 194 Å². The molecule has 3 aromatic rings. The minimum absolute atomic E-state index is 0.0764. The van der Waals surface area contributed by atoms with Gasteiger partial charge in [-0.15, -0.1) is 0 Å². The van der Waals surface area contributed by atoms with Crippen LogP contribution in [0.4, 0.5) is 4.39 Å². The number of carbonyl (C=O) groups excluding carboxylic acids is 1. The smallest absolute Gasteiger partial charge is 0.136 e. The van der Waals surface area contributed by atoms with Crippen molar-refractivity contribution < 1.29 is 14.3 Å². The lowest BCUT2D eigenvalue weighted by Crippen LogP contribution is -2.25. The molecule has 0 bridgehead atoms. The third-order valence-electron chi connectivity index (χ3n) is 7.38. The molecular formula is C28H33FN2O2. The van der Waals surface area contributed by atoms with Crippen molar-refractivity contribution in [1.29, 1.82) is 0 Å². The monoisotopic (exact) mass is 448 g/mol. The van der Waals surface area contributed by atoms with E-state index in [4.69, 9.17) is 4.98 Å². The molecule has 0 amide bonds. The van der Waals surface area contributed by atoms with E-state index in [1.54, 1.807) is 13.0 Å². The molecule has 5 heteroatoms. The minimum atomic E-state index is -1.14. The van der Waals surface area contributed by atoms with E-state index < -0.39 is 5.60 Å². The van der Waals surface area contributed by atoms with Gasteiger partial charge in [-0.25, -0.2) is 9.37 Å². The van der Waals surface area contributed by atoms with Crippen LogP contribution in [0, 0.1) is 5.82 Å². The fourth-order valence-electron chi connectivity index (χ4n) is 5.09. The molecule has 1 aromatic heterocycles. The van der Waals surface area contributed by atoms with Gasteiger partial charge in [-0.2, -0.15) is 0 Å². The normalized spacial score (nSPS) is 18.3. The van der Waals surface area contributed by atoms with Gasteiger partial charge in [0, 0.05) is 31.4 Å². The number of Topliss-reactive ketones (excluding diaryl/α,β-unsaturated/α-hetero) is 1. The summed E-state index contributed by atoms with van der Waals surface area (Å²) in [5, 5.41) is 10.7. The predicted molar refractivity (Wildman–Crippen MR) is 128 cm³/mol. The molecular weight excluding hydrogens is 415 g/mol. The highest BCUT2D eigenvalue weighted by molar-refractivity contribution is 5.79. The zero-order valence-corrected chi connectivity index (χ0v) is 19.4. The van der Waals surface area contributed by atoms with E-state index in [-0.39, 0.29) is 18.0 Å². The van der Waals surface area contributed by atoms with Crippen LogP contribution in [0.5, 0.6) is 0 Å². The second kappa shape index (κ2) is 9.02. The average molecular weight is 449 g/mol. The van der Waals surface area contributed by atoms with E-state index in [9.17, 15) is 14.3 Å². The van der Waals surface area contributed by atoms with Crippen molar-refractivity contribution >= 4 is 16.8 Å². The number of nitrogens with zero attached hydrogens (tertiary/aromatic N) is 2. The highest BCUT2D eigenvalue weighted by atomic mass is 19.1. The Morgan fingerprint density at radius 2 is 1.91 bits per heavy atom. The van der Waals surface area contributed by atoms with Crippen LogP contribution in [-0.2, 0) is 16.8 Å². The first kappa shape index (κ1) is 22.3. The van der Waals surface area contributed by atoms with Crippen molar-refractivity contribution in [3.63, 3.8) is 0 Å². The van der Waals surface area contributed by atoms with Gasteiger partial charge in [0.2, 0.25) is 0 Å². The average Bonchev–Trinajstić information content (AvgIpc) is 3.54. The summed E-state index contributed by atoms with van der Waals surface area (Å²) >= 11 is 0. The van der Waals surface area contributed by atoms with Gasteiger partial charge in [0.25, 0.3) is 0 Å². The number of aryl methyl sites for hydroxylation is 1. The number of fused-ring (bicyclic) bond motifs is 1. The summed E-state index contributed by atoms with van der Waals surface area (Å²) in [7, 11) is 0. The lowest BCUT2D eigenvalue weighted by molar-refractivity contribution is -0.123. The van der Waals surface area contributed by atoms with Crippen LogP contribution in [0.15, 0.2) is 42.5 Å². The van der Waals surface area contributed by atoms with Gasteiger partial charge in [-0.3, -0.25) is 4.79 Å². The van der Waals surface area contributed by atoms with Gasteiger partial charge in [-0.1, -0.05) is 30.3 Å². The number of hydrogen-bond donors (Lipinski definition) is 1. The first-order chi connectivity index (χ1) is 15.9. The second-order valence-corrected chi connectivity index (χ2v) is 10.2. The van der Waals surface area contributed by atoms with Crippen molar-refractivity contribution in [3.05, 3.63) is 65.2 Å². The third kappa shape index (κ3) is 4.74. The number of benzene rings is 2. The topological polar surface area (TPSA) is 55.1 Å². The first-order valence-electron chi connectivity index (χ1n) is 12.4. The molecule has 5 rings (SSSR count). The zero-order valence-electron chi connectivity index (χ0n) is 19.4. The number of aliphatic hydroxyl groups is 1. The Hall–Kier alpha value is -2.53. The van der Waals surface area contributed by atoms with E-state index in [0.29, 0.717) is 18.4 Å². The van der Waals surface area contributed by atoms with Crippen molar-refractivity contribution in [2.45, 2.75) is 88.7 Å². The molecule has 1 N–H and O–H groups in total. The summed E-state index contributed by atoms with van der Waals surface area (Å²) in [5.41, 5.74) is 2.32. The molecule has 0 radical (unpaired) electrons. The highest BCUT2D eigenvalue weighted by Gasteiger charge is 2.30. The van der Waals surface area contributed by atoms with Crippen molar-refractivity contribution in [2.24, 2.45) is 0 Å². The third-order valence-corrected chi connectivity index (χ3v) is 7.38. The van der Waals surface area contributed by atoms with Gasteiger partial charge in [0.1, 0.15) is 17.4 Å². The molecule has 2 aromatic carbocycles. The fourth-order valence-corrected chi connectivity index (χ4v) is 5.09. The first-order valence-corrected chi connectivity index (χ1v) is 12.4. The minimum Gasteiger partial charge on any atom is -0.385 e. The molecule has 0 saturated heterocycles. The van der Waals surface area contributed by atoms with Crippen LogP contribution < -0.4 is 0 Å². The maximum Gasteiger partial charge on any atom is 0.136 e. The molecule has 1 atom stereocenters. The van der Waals surface area contributed by atoms with Gasteiger partial charge < -0.3 is 9.67 Å². The fraction of sp³-hybridized carbons (Fsp3) is 0.500. The molecule has 1 heterocycles. The van der Waals surface area contributed by atoms with Crippen LogP contribution in [-0.4, -0.2) is 20.4 Å². The maximum absolute atomic E-state index is 14.6. The molecule has 33 heavy (non-hydrogen) atoms. The van der Waals surface area contributed by atoms with Crippen LogP contribution >= 0.6 is 0 Å². The quantitative estimate of drug-likeness (QED) is 0.367. The summed E-state index contributed by atoms with van der Waals surface area (Å²) in [6.07, 6.45) is 8.68. The summed E-state index contributed by atoms with van der Waals surface area (Å²) in [6, 6.07) is 13.5. The number of rotatable bonds is 10. The van der Waals surface area contributed by atoms with Crippen LogP contribution in [0.1, 0.15) is 93.6 Å². The lowest BCUT2D eigenvalue weighted by Gasteiger charge is -2.29. The number of aromatic nitrogens is 2. The molecule has 2 aliphatic rings. The standard InChI is InChI=1S/C28H33FN2O2/c1-28(33,20-8-3-2-4-9-20)18-22(32)12-5-6-13-27-30-25-17-24(29)23(19-14-15-19)16-26(25)31(27)21-10-7-11-21/h2-4,8-9,16-17,19,21,33H,5-7,10-15,18H2,1H3/t28-/m1/s1. The Morgan fingerprint density at radius 1 is 1.15 bits per heavy atom. The molecule has 174 valence electrons. The van der Waals surface area contributed by atoms with Crippen molar-refractivity contribution in [1.82, 2.24) is 9.55 Å². The van der Waals surface area contributed by atoms with Gasteiger partial charge in [0.15, 0.2) is 0 Å². The number of unbranched alkanes of at least 4 members (excludes halogenated alkanes) is 1. The number of carbonyl (C=O) groups is 1. The van der Waals surface area contributed by atoms with Crippen LogP contribution in [0.25, 0.3) is 11.0 Å². The Kier molecular flexibility index (Phi) is 6.09. The summed E-state index contributed by atoms with van der Waals surface area (Å²) in [6.45, 7) is 1.70. The zero-order chi connectivity index (χ0) is 23.0. The van der Waals surface area contributed by atoms with Gasteiger partial charge >= 0.3 is 0 Å². The van der Waals surface area contributed by atoms with E-state index in [0.717, 1.165) is 72.9 Å². The van der Waals surface area contributed by atoms with Gasteiger partial charge in [-0.05, 0) is 75.0 Å². The SMILES string of the molecule is C[C@@](O)(CC(=O)CCCCc1nc2cc(F)c(C3CC3)cc2n1C1CCC1)c1ccccc1. The molecule has 2 saturated carbocycles. The Balaban J connectivity index is 1.23. The Morgan fingerprint density at radius 3 is 2.58 bits per heavy atom. The highest BCUT2D eigenvalue weighted by Crippen LogP contribution is 2.43. The number of hydrogen-bond acceptors (Lipinski definition) is 3.